The van der Waals surface area contributed by atoms with E-state index in [1.165, 1.54) is 30.5 Å². The Morgan fingerprint density at radius 1 is 1.31 bits per heavy atom. The summed E-state index contributed by atoms with van der Waals surface area (Å²) >= 11 is 0. The van der Waals surface area contributed by atoms with Crippen LogP contribution in [0.25, 0.3) is 0 Å². The molecule has 7 heteroatoms. The Kier molecular flexibility index (Phi) is 5.46. The Labute approximate surface area is 154 Å². The fourth-order valence-electron chi connectivity index (χ4n) is 3.43. The number of allylic oxidation sites excluding steroid dienone is 1. The number of hydrogen-bond donors (Lipinski definition) is 1. The van der Waals surface area contributed by atoms with Crippen LogP contribution in [0, 0.1) is 5.92 Å². The van der Waals surface area contributed by atoms with Gasteiger partial charge in [-0.05, 0) is 50.3 Å². The zero-order chi connectivity index (χ0) is 18.7. The molecule has 1 atom stereocenters. The normalized spacial score (nSPS) is 22.2. The summed E-state index contributed by atoms with van der Waals surface area (Å²) in [6.07, 6.45) is 7.74. The first-order valence-corrected chi connectivity index (χ1v) is 10.6. The van der Waals surface area contributed by atoms with Crippen LogP contribution < -0.4 is 9.62 Å². The summed E-state index contributed by atoms with van der Waals surface area (Å²) in [6.45, 7) is 2.14. The SMILES string of the molecule is CC1CS(=O)(=O)N(c2cccc(C(=O)NCCC3=CCCCC3)c2)C1=O. The Bertz CT molecular complexity index is 845. The predicted molar refractivity (Wildman–Crippen MR) is 100 cm³/mol. The molecule has 1 N–H and O–H groups in total. The van der Waals surface area contributed by atoms with Gasteiger partial charge in [0, 0.05) is 12.1 Å². The van der Waals surface area contributed by atoms with Crippen LogP contribution in [-0.2, 0) is 14.8 Å². The van der Waals surface area contributed by atoms with Gasteiger partial charge >= 0.3 is 0 Å². The van der Waals surface area contributed by atoms with Gasteiger partial charge in [0.25, 0.3) is 5.91 Å². The molecule has 1 unspecified atom stereocenters. The molecule has 1 aliphatic heterocycles. The minimum atomic E-state index is -3.67. The van der Waals surface area contributed by atoms with Crippen LogP contribution in [0.3, 0.4) is 0 Å². The number of anilines is 1. The minimum absolute atomic E-state index is 0.197. The van der Waals surface area contributed by atoms with Gasteiger partial charge in [0.05, 0.1) is 17.4 Å². The quantitative estimate of drug-likeness (QED) is 0.801. The van der Waals surface area contributed by atoms with Crippen LogP contribution in [0.4, 0.5) is 5.69 Å². The lowest BCUT2D eigenvalue weighted by Crippen LogP contribution is -2.31. The molecule has 3 rings (SSSR count). The molecule has 26 heavy (non-hydrogen) atoms. The Hall–Kier alpha value is -2.15. The molecule has 2 amide bonds. The molecular formula is C19H24N2O4S. The first-order chi connectivity index (χ1) is 12.4. The molecule has 1 aliphatic carbocycles. The molecule has 0 aromatic heterocycles. The van der Waals surface area contributed by atoms with Crippen LogP contribution >= 0.6 is 0 Å². The molecule has 0 spiro atoms. The van der Waals surface area contributed by atoms with E-state index in [9.17, 15) is 18.0 Å². The van der Waals surface area contributed by atoms with Crippen LogP contribution in [0.2, 0.25) is 0 Å². The van der Waals surface area contributed by atoms with Crippen LogP contribution in [0.1, 0.15) is 49.4 Å². The van der Waals surface area contributed by atoms with E-state index < -0.39 is 21.8 Å². The highest BCUT2D eigenvalue weighted by Crippen LogP contribution is 2.28. The average Bonchev–Trinajstić information content (AvgIpc) is 2.83. The lowest BCUT2D eigenvalue weighted by atomic mass is 9.97. The second kappa shape index (κ2) is 7.61. The summed E-state index contributed by atoms with van der Waals surface area (Å²) in [5, 5.41) is 2.87. The number of nitrogens with one attached hydrogen (secondary N) is 1. The van der Waals surface area contributed by atoms with Crippen LogP contribution in [-0.4, -0.2) is 32.5 Å². The zero-order valence-electron chi connectivity index (χ0n) is 14.9. The van der Waals surface area contributed by atoms with Crippen molar-refractivity contribution in [3.05, 3.63) is 41.5 Å². The van der Waals surface area contributed by atoms with Gasteiger partial charge in [-0.3, -0.25) is 9.59 Å². The van der Waals surface area contributed by atoms with E-state index in [0.717, 1.165) is 23.6 Å². The molecule has 0 radical (unpaired) electrons. The molecule has 0 saturated carbocycles. The minimum Gasteiger partial charge on any atom is -0.352 e. The van der Waals surface area contributed by atoms with Crippen molar-refractivity contribution in [2.75, 3.05) is 16.6 Å². The number of amides is 2. The first kappa shape index (κ1) is 18.6. The van der Waals surface area contributed by atoms with Crippen LogP contribution in [0.15, 0.2) is 35.9 Å². The lowest BCUT2D eigenvalue weighted by Gasteiger charge is -2.16. The number of nitrogens with zero attached hydrogens (tertiary/aromatic N) is 1. The topological polar surface area (TPSA) is 83.6 Å². The highest BCUT2D eigenvalue weighted by atomic mass is 32.2. The third-order valence-electron chi connectivity index (χ3n) is 4.82. The second-order valence-corrected chi connectivity index (χ2v) is 8.81. The predicted octanol–water partition coefficient (Wildman–Crippen LogP) is 2.62. The van der Waals surface area contributed by atoms with Crippen molar-refractivity contribution in [3.63, 3.8) is 0 Å². The maximum atomic E-state index is 12.4. The first-order valence-electron chi connectivity index (χ1n) is 9.01. The average molecular weight is 376 g/mol. The van der Waals surface area contributed by atoms with E-state index in [4.69, 9.17) is 0 Å². The van der Waals surface area contributed by atoms with Crippen molar-refractivity contribution >= 4 is 27.5 Å². The van der Waals surface area contributed by atoms with Gasteiger partial charge in [0.2, 0.25) is 15.9 Å². The van der Waals surface area contributed by atoms with E-state index in [-0.39, 0.29) is 17.3 Å². The third kappa shape index (κ3) is 3.98. The summed E-state index contributed by atoms with van der Waals surface area (Å²) in [4.78, 5) is 24.6. The van der Waals surface area contributed by atoms with Gasteiger partial charge in [-0.25, -0.2) is 12.7 Å². The third-order valence-corrected chi connectivity index (χ3v) is 6.69. The molecule has 1 heterocycles. The number of benzene rings is 1. The summed E-state index contributed by atoms with van der Waals surface area (Å²) in [5.41, 5.74) is 1.96. The van der Waals surface area contributed by atoms with E-state index in [1.807, 2.05) is 0 Å². The molecule has 2 aliphatic rings. The summed E-state index contributed by atoms with van der Waals surface area (Å²) in [5.74, 6) is -1.48. The van der Waals surface area contributed by atoms with Gasteiger partial charge in [-0.15, -0.1) is 0 Å². The molecule has 0 bridgehead atoms. The monoisotopic (exact) mass is 376 g/mol. The summed E-state index contributed by atoms with van der Waals surface area (Å²) < 4.78 is 25.2. The largest absolute Gasteiger partial charge is 0.352 e. The molecular weight excluding hydrogens is 352 g/mol. The molecule has 1 aromatic rings. The van der Waals surface area contributed by atoms with E-state index in [1.54, 1.807) is 19.1 Å². The van der Waals surface area contributed by atoms with Crippen molar-refractivity contribution < 1.29 is 18.0 Å². The van der Waals surface area contributed by atoms with Crippen LogP contribution in [0.5, 0.6) is 0 Å². The van der Waals surface area contributed by atoms with Crippen molar-refractivity contribution in [2.24, 2.45) is 5.92 Å². The van der Waals surface area contributed by atoms with Gasteiger partial charge in [-0.1, -0.05) is 24.6 Å². The number of hydrogen-bond acceptors (Lipinski definition) is 4. The molecule has 1 fully saturated rings. The summed E-state index contributed by atoms with van der Waals surface area (Å²) in [6, 6.07) is 6.22. The maximum Gasteiger partial charge on any atom is 0.251 e. The second-order valence-electron chi connectivity index (χ2n) is 6.95. The Morgan fingerprint density at radius 2 is 2.12 bits per heavy atom. The summed E-state index contributed by atoms with van der Waals surface area (Å²) in [7, 11) is -3.67. The standard InChI is InChI=1S/C19H24N2O4S/c1-14-13-26(24,25)21(19(14)23)17-9-5-8-16(12-17)18(22)20-11-10-15-6-3-2-4-7-15/h5-6,8-9,12,14H,2-4,7,10-11,13H2,1H3,(H,20,22). The highest BCUT2D eigenvalue weighted by molar-refractivity contribution is 7.94. The van der Waals surface area contributed by atoms with Crippen molar-refractivity contribution in [3.8, 4) is 0 Å². The van der Waals surface area contributed by atoms with Gasteiger partial charge in [-0.2, -0.15) is 0 Å². The van der Waals surface area contributed by atoms with Crippen molar-refractivity contribution in [1.82, 2.24) is 5.32 Å². The van der Waals surface area contributed by atoms with E-state index in [0.29, 0.717) is 12.1 Å². The molecule has 1 saturated heterocycles. The fraction of sp³-hybridized carbons (Fsp3) is 0.474. The Morgan fingerprint density at radius 3 is 2.77 bits per heavy atom. The number of carbonyl (C=O) groups excluding carboxylic acids is 2. The van der Waals surface area contributed by atoms with E-state index >= 15 is 0 Å². The zero-order valence-corrected chi connectivity index (χ0v) is 15.7. The Balaban J connectivity index is 1.68. The highest BCUT2D eigenvalue weighted by Gasteiger charge is 2.42. The van der Waals surface area contributed by atoms with E-state index in [2.05, 4.69) is 11.4 Å². The van der Waals surface area contributed by atoms with Gasteiger partial charge in [0.1, 0.15) is 0 Å². The number of rotatable bonds is 5. The number of carbonyl (C=O) groups is 2. The maximum absolute atomic E-state index is 12.4. The molecule has 140 valence electrons. The van der Waals surface area contributed by atoms with Crippen molar-refractivity contribution in [2.45, 2.75) is 39.0 Å². The van der Waals surface area contributed by atoms with Gasteiger partial charge in [0.15, 0.2) is 0 Å². The van der Waals surface area contributed by atoms with Crippen molar-refractivity contribution in [1.29, 1.82) is 0 Å². The molecule has 6 nitrogen and oxygen atoms in total. The molecule has 1 aromatic carbocycles. The lowest BCUT2D eigenvalue weighted by molar-refractivity contribution is -0.119. The van der Waals surface area contributed by atoms with Gasteiger partial charge < -0.3 is 5.32 Å². The fourth-order valence-corrected chi connectivity index (χ4v) is 5.24. The smallest absolute Gasteiger partial charge is 0.251 e. The number of sulfonamides is 1.